The van der Waals surface area contributed by atoms with Crippen LogP contribution in [0.5, 0.6) is 0 Å². The number of hydrogen-bond donors (Lipinski definition) is 0. The fraction of sp³-hybridized carbons (Fsp3) is 0.263. The minimum atomic E-state index is -0.807. The van der Waals surface area contributed by atoms with Crippen LogP contribution in [0.1, 0.15) is 25.0 Å². The molecular formula is C19H18N4OS. The van der Waals surface area contributed by atoms with Crippen LogP contribution in [0, 0.1) is 20.4 Å². The summed E-state index contributed by atoms with van der Waals surface area (Å²) >= 11 is 5.63. The van der Waals surface area contributed by atoms with Crippen LogP contribution < -0.4 is 9.80 Å². The number of aryl methyl sites for hydroxylation is 2. The molecule has 1 aromatic carbocycles. The van der Waals surface area contributed by atoms with Crippen LogP contribution in [0.15, 0.2) is 36.5 Å². The Kier molecular flexibility index (Phi) is 4.05. The van der Waals surface area contributed by atoms with E-state index >= 15 is 0 Å². The summed E-state index contributed by atoms with van der Waals surface area (Å²) in [4.78, 5) is 23.9. The predicted octanol–water partition coefficient (Wildman–Crippen LogP) is 4.17. The highest BCUT2D eigenvalue weighted by molar-refractivity contribution is 7.81. The molecule has 1 aliphatic heterocycles. The molecule has 0 N–H and O–H groups in total. The molecule has 0 bridgehead atoms. The Hall–Kier alpha value is -2.78. The Morgan fingerprint density at radius 3 is 2.36 bits per heavy atom. The summed E-state index contributed by atoms with van der Waals surface area (Å²) in [5.74, 6) is 0.214. The van der Waals surface area contributed by atoms with E-state index in [1.807, 2.05) is 49.9 Å². The first-order chi connectivity index (χ1) is 11.8. The topological polar surface area (TPSA) is 40.8 Å². The maximum Gasteiger partial charge on any atom is 0.272 e. The molecular weight excluding hydrogens is 332 g/mol. The van der Waals surface area contributed by atoms with E-state index in [1.165, 1.54) is 11.1 Å². The molecule has 6 heteroatoms. The van der Waals surface area contributed by atoms with Gasteiger partial charge in [-0.25, -0.2) is 0 Å². The van der Waals surface area contributed by atoms with Crippen molar-refractivity contribution in [3.8, 4) is 0 Å². The first kappa shape index (κ1) is 17.1. The lowest BCUT2D eigenvalue weighted by Gasteiger charge is -2.29. The van der Waals surface area contributed by atoms with Gasteiger partial charge in [-0.15, -0.1) is 4.98 Å². The third-order valence-electron chi connectivity index (χ3n) is 4.36. The number of carbonyl (C=O) groups is 1. The van der Waals surface area contributed by atoms with Crippen molar-refractivity contribution in [2.75, 3.05) is 9.80 Å². The maximum absolute atomic E-state index is 13.1. The lowest BCUT2D eigenvalue weighted by Crippen LogP contribution is -2.44. The molecule has 2 aromatic rings. The van der Waals surface area contributed by atoms with Crippen molar-refractivity contribution >= 4 is 40.4 Å². The van der Waals surface area contributed by atoms with Crippen molar-refractivity contribution in [3.63, 3.8) is 0 Å². The van der Waals surface area contributed by atoms with E-state index in [2.05, 4.69) is 9.83 Å². The molecule has 0 aliphatic carbocycles. The van der Waals surface area contributed by atoms with E-state index in [0.717, 1.165) is 16.8 Å². The number of anilines is 2. The van der Waals surface area contributed by atoms with E-state index in [4.69, 9.17) is 18.8 Å². The lowest BCUT2D eigenvalue weighted by atomic mass is 10.0. The van der Waals surface area contributed by atoms with Crippen LogP contribution in [0.25, 0.3) is 4.85 Å². The Labute approximate surface area is 152 Å². The van der Waals surface area contributed by atoms with Gasteiger partial charge in [0.05, 0.1) is 5.69 Å². The predicted molar refractivity (Wildman–Crippen MR) is 103 cm³/mol. The van der Waals surface area contributed by atoms with Gasteiger partial charge in [0.25, 0.3) is 11.7 Å². The Morgan fingerprint density at radius 2 is 1.80 bits per heavy atom. The summed E-state index contributed by atoms with van der Waals surface area (Å²) in [5, 5.41) is 0.413. The summed E-state index contributed by atoms with van der Waals surface area (Å²) in [5.41, 5.74) is 2.51. The summed E-state index contributed by atoms with van der Waals surface area (Å²) in [6.45, 7) is 14.6. The molecule has 1 aliphatic rings. The smallest absolute Gasteiger partial charge is 0.272 e. The Bertz CT molecular complexity index is 912. The molecule has 1 saturated heterocycles. The van der Waals surface area contributed by atoms with Gasteiger partial charge in [-0.1, -0.05) is 24.3 Å². The second-order valence-corrected chi connectivity index (χ2v) is 6.96. The van der Waals surface area contributed by atoms with Crippen LogP contribution >= 0.6 is 12.2 Å². The molecule has 3 rings (SSSR count). The summed E-state index contributed by atoms with van der Waals surface area (Å²) in [6, 6.07) is 9.70. The van der Waals surface area contributed by atoms with Crippen molar-refractivity contribution in [2.24, 2.45) is 0 Å². The fourth-order valence-electron chi connectivity index (χ4n) is 2.94. The normalized spacial score (nSPS) is 16.3. The Balaban J connectivity index is 2.07. The number of rotatable bonds is 2. The number of aromatic nitrogens is 1. The largest absolute Gasteiger partial charge is 0.360 e. The summed E-state index contributed by atoms with van der Waals surface area (Å²) in [7, 11) is 0. The van der Waals surface area contributed by atoms with Gasteiger partial charge in [0.2, 0.25) is 0 Å². The van der Waals surface area contributed by atoms with Crippen molar-refractivity contribution in [1.29, 1.82) is 0 Å². The van der Waals surface area contributed by atoms with Crippen LogP contribution in [-0.4, -0.2) is 21.5 Å². The lowest BCUT2D eigenvalue weighted by molar-refractivity contribution is -0.120. The van der Waals surface area contributed by atoms with E-state index in [1.54, 1.807) is 13.0 Å². The van der Waals surface area contributed by atoms with Crippen LogP contribution in [0.4, 0.5) is 17.2 Å². The first-order valence-corrected chi connectivity index (χ1v) is 8.27. The van der Waals surface area contributed by atoms with Gasteiger partial charge in [-0.3, -0.25) is 9.69 Å². The van der Waals surface area contributed by atoms with Crippen LogP contribution in [0.3, 0.4) is 0 Å². The molecule has 5 nitrogen and oxygen atoms in total. The highest BCUT2D eigenvalue weighted by Gasteiger charge is 2.50. The van der Waals surface area contributed by atoms with Gasteiger partial charge in [0.1, 0.15) is 11.7 Å². The number of pyridine rings is 1. The van der Waals surface area contributed by atoms with E-state index in [0.29, 0.717) is 16.6 Å². The molecule has 1 aromatic heterocycles. The minimum Gasteiger partial charge on any atom is -0.360 e. The third-order valence-corrected chi connectivity index (χ3v) is 4.73. The molecule has 25 heavy (non-hydrogen) atoms. The quantitative estimate of drug-likeness (QED) is 0.602. The molecule has 0 saturated carbocycles. The standard InChI is InChI=1S/C19H18N4OS/c1-12-6-8-14(9-7-12)23-18(25)22(17(24)19(23,3)4)15-10-13(2)16(20-5)21-11-15/h6-11H,1-4H3. The zero-order valence-electron chi connectivity index (χ0n) is 14.6. The van der Waals surface area contributed by atoms with Gasteiger partial charge in [-0.05, 0) is 63.7 Å². The number of hydrogen-bond acceptors (Lipinski definition) is 3. The number of thiocarbonyl (C=S) groups is 1. The number of nitrogens with zero attached hydrogens (tertiary/aromatic N) is 4. The second kappa shape index (κ2) is 5.94. The van der Waals surface area contributed by atoms with Gasteiger partial charge < -0.3 is 9.74 Å². The highest BCUT2D eigenvalue weighted by atomic mass is 32.1. The van der Waals surface area contributed by atoms with E-state index < -0.39 is 5.54 Å². The van der Waals surface area contributed by atoms with Crippen molar-refractivity contribution < 1.29 is 4.79 Å². The first-order valence-electron chi connectivity index (χ1n) is 7.87. The SMILES string of the molecule is [C-]#[N+]c1ncc(N2C(=O)C(C)(C)N(c3ccc(C)cc3)C2=S)cc1C. The van der Waals surface area contributed by atoms with Crippen LogP contribution in [0.2, 0.25) is 0 Å². The molecule has 1 fully saturated rings. The van der Waals surface area contributed by atoms with Gasteiger partial charge in [-0.2, -0.15) is 0 Å². The molecule has 0 radical (unpaired) electrons. The van der Waals surface area contributed by atoms with E-state index in [9.17, 15) is 4.79 Å². The van der Waals surface area contributed by atoms with E-state index in [-0.39, 0.29) is 5.91 Å². The summed E-state index contributed by atoms with van der Waals surface area (Å²) in [6.07, 6.45) is 1.53. The minimum absolute atomic E-state index is 0.116. The molecule has 0 spiro atoms. The highest BCUT2D eigenvalue weighted by Crippen LogP contribution is 2.36. The number of carbonyl (C=O) groups excluding carboxylic acids is 1. The molecule has 0 unspecified atom stereocenters. The Morgan fingerprint density at radius 1 is 1.16 bits per heavy atom. The van der Waals surface area contributed by atoms with Gasteiger partial charge >= 0.3 is 0 Å². The summed E-state index contributed by atoms with van der Waals surface area (Å²) < 4.78 is 0. The van der Waals surface area contributed by atoms with Crippen molar-refractivity contribution in [3.05, 3.63) is 59.1 Å². The number of amides is 1. The van der Waals surface area contributed by atoms with Crippen molar-refractivity contribution in [1.82, 2.24) is 4.98 Å². The average Bonchev–Trinajstić information content (AvgIpc) is 2.74. The maximum atomic E-state index is 13.1. The zero-order chi connectivity index (χ0) is 18.4. The monoisotopic (exact) mass is 350 g/mol. The van der Waals surface area contributed by atoms with Crippen molar-refractivity contribution in [2.45, 2.75) is 33.2 Å². The number of benzene rings is 1. The second-order valence-electron chi connectivity index (χ2n) is 6.60. The fourth-order valence-corrected chi connectivity index (χ4v) is 3.46. The molecule has 126 valence electrons. The third kappa shape index (κ3) is 2.67. The average molecular weight is 350 g/mol. The molecule has 1 amide bonds. The molecule has 2 heterocycles. The van der Waals surface area contributed by atoms with Crippen LogP contribution in [-0.2, 0) is 4.79 Å². The zero-order valence-corrected chi connectivity index (χ0v) is 15.4. The molecule has 0 atom stereocenters. The van der Waals surface area contributed by atoms with Gasteiger partial charge in [0.15, 0.2) is 5.11 Å². The van der Waals surface area contributed by atoms with Gasteiger partial charge in [0, 0.05) is 5.69 Å².